The second-order valence-corrected chi connectivity index (χ2v) is 7.19. The molecule has 2 aromatic rings. The van der Waals surface area contributed by atoms with Gasteiger partial charge >= 0.3 is 6.18 Å². The topological polar surface area (TPSA) is 53.2 Å². The molecule has 2 aliphatic heterocycles. The molecule has 0 aromatic heterocycles. The zero-order valence-electron chi connectivity index (χ0n) is 14.6. The van der Waals surface area contributed by atoms with Crippen LogP contribution in [-0.4, -0.2) is 25.0 Å². The molecular weight excluding hydrogens is 355 g/mol. The number of alkyl halides is 3. The Balaban J connectivity index is 1.37. The van der Waals surface area contributed by atoms with Crippen LogP contribution in [0.4, 0.5) is 18.9 Å². The summed E-state index contributed by atoms with van der Waals surface area (Å²) in [5, 5.41) is 9.53. The summed E-state index contributed by atoms with van der Waals surface area (Å²) >= 11 is 0. The van der Waals surface area contributed by atoms with E-state index in [0.717, 1.165) is 23.4 Å². The van der Waals surface area contributed by atoms with Crippen LogP contribution in [0.3, 0.4) is 0 Å². The Bertz CT molecular complexity index is 868. The van der Waals surface area contributed by atoms with E-state index in [2.05, 4.69) is 16.0 Å². The van der Waals surface area contributed by atoms with Crippen LogP contribution >= 0.6 is 0 Å². The zero-order valence-corrected chi connectivity index (χ0v) is 14.6. The number of benzene rings is 2. The molecule has 2 heterocycles. The van der Waals surface area contributed by atoms with E-state index in [9.17, 15) is 18.0 Å². The highest BCUT2D eigenvalue weighted by Crippen LogP contribution is 2.43. The molecule has 142 valence electrons. The highest BCUT2D eigenvalue weighted by Gasteiger charge is 2.51. The summed E-state index contributed by atoms with van der Waals surface area (Å²) in [4.78, 5) is 12.5. The van der Waals surface area contributed by atoms with Crippen molar-refractivity contribution in [2.75, 3.05) is 18.4 Å². The molecule has 1 saturated heterocycles. The Hall–Kier alpha value is -2.38. The molecule has 0 unspecified atom stereocenters. The Morgan fingerprint density at radius 1 is 1.15 bits per heavy atom. The molecule has 7 heteroatoms. The van der Waals surface area contributed by atoms with Gasteiger partial charge in [-0.25, -0.2) is 0 Å². The average Bonchev–Trinajstić information content (AvgIpc) is 3.18. The van der Waals surface area contributed by atoms with E-state index < -0.39 is 17.2 Å². The number of carbonyl (C=O) groups excluding carboxylic acids is 1. The molecule has 0 bridgehead atoms. The van der Waals surface area contributed by atoms with Crippen molar-refractivity contribution in [2.24, 2.45) is 0 Å². The maximum atomic E-state index is 12.8. The molecule has 27 heavy (non-hydrogen) atoms. The molecule has 2 aliphatic rings. The third-order valence-electron chi connectivity index (χ3n) is 5.39. The first-order valence-electron chi connectivity index (χ1n) is 8.90. The van der Waals surface area contributed by atoms with Crippen molar-refractivity contribution in [1.29, 1.82) is 0 Å². The number of hydrogen-bond acceptors (Lipinski definition) is 3. The Morgan fingerprint density at radius 2 is 1.96 bits per heavy atom. The van der Waals surface area contributed by atoms with Crippen molar-refractivity contribution in [3.8, 4) is 0 Å². The second-order valence-electron chi connectivity index (χ2n) is 7.19. The van der Waals surface area contributed by atoms with Gasteiger partial charge in [0.25, 0.3) is 0 Å². The molecule has 2 atom stereocenters. The lowest BCUT2D eigenvalue weighted by atomic mass is 9.79. The first-order valence-corrected chi connectivity index (χ1v) is 8.90. The highest BCUT2D eigenvalue weighted by atomic mass is 19.4. The fourth-order valence-electron chi connectivity index (χ4n) is 4.03. The zero-order chi connectivity index (χ0) is 19.1. The van der Waals surface area contributed by atoms with Crippen molar-refractivity contribution >= 4 is 11.6 Å². The third-order valence-corrected chi connectivity index (χ3v) is 5.39. The maximum Gasteiger partial charge on any atom is 0.416 e. The van der Waals surface area contributed by atoms with Crippen LogP contribution < -0.4 is 16.0 Å². The lowest BCUT2D eigenvalue weighted by Gasteiger charge is -2.20. The van der Waals surface area contributed by atoms with E-state index >= 15 is 0 Å². The Kier molecular flexibility index (Phi) is 4.44. The SMILES string of the molecule is O=C1Nc2ccccc2[C@@]12CN[C@@H](CNCc1cccc(C(F)(F)F)c1)C2. The van der Waals surface area contributed by atoms with Crippen LogP contribution in [0, 0.1) is 0 Å². The van der Waals surface area contributed by atoms with E-state index in [1.807, 2.05) is 24.3 Å². The number of anilines is 1. The minimum atomic E-state index is -4.33. The van der Waals surface area contributed by atoms with E-state index in [1.165, 1.54) is 6.07 Å². The van der Waals surface area contributed by atoms with Gasteiger partial charge < -0.3 is 16.0 Å². The molecule has 1 amide bonds. The monoisotopic (exact) mass is 375 g/mol. The van der Waals surface area contributed by atoms with Gasteiger partial charge in [-0.05, 0) is 29.7 Å². The molecule has 1 spiro atoms. The van der Waals surface area contributed by atoms with Crippen molar-refractivity contribution in [3.05, 3.63) is 65.2 Å². The Labute approximate surface area is 155 Å². The summed E-state index contributed by atoms with van der Waals surface area (Å²) in [6.07, 6.45) is -3.68. The number of amides is 1. The van der Waals surface area contributed by atoms with Crippen LogP contribution in [0.5, 0.6) is 0 Å². The Morgan fingerprint density at radius 3 is 2.78 bits per heavy atom. The number of fused-ring (bicyclic) bond motifs is 2. The fourth-order valence-corrected chi connectivity index (χ4v) is 4.03. The van der Waals surface area contributed by atoms with Crippen molar-refractivity contribution in [3.63, 3.8) is 0 Å². The van der Waals surface area contributed by atoms with E-state index in [0.29, 0.717) is 31.6 Å². The first-order chi connectivity index (χ1) is 12.9. The van der Waals surface area contributed by atoms with Crippen molar-refractivity contribution in [1.82, 2.24) is 10.6 Å². The summed E-state index contributed by atoms with van der Waals surface area (Å²) in [7, 11) is 0. The molecule has 2 aromatic carbocycles. The van der Waals surface area contributed by atoms with Crippen molar-refractivity contribution < 1.29 is 18.0 Å². The molecule has 0 radical (unpaired) electrons. The minimum Gasteiger partial charge on any atom is -0.325 e. The number of hydrogen-bond donors (Lipinski definition) is 3. The standard InChI is InChI=1S/C20H20F3N3O/c21-20(22,23)14-5-3-4-13(8-14)10-24-11-15-9-19(12-25-15)16-6-1-2-7-17(16)26-18(19)27/h1-8,15,24-25H,9-12H2,(H,26,27)/t15-,19-/m1/s1. The predicted octanol–water partition coefficient (Wildman–Crippen LogP) is 3.05. The molecule has 0 saturated carbocycles. The van der Waals surface area contributed by atoms with Gasteiger partial charge in [0.05, 0.1) is 11.0 Å². The number of halogens is 3. The third kappa shape index (κ3) is 3.33. The largest absolute Gasteiger partial charge is 0.416 e. The first kappa shape index (κ1) is 18.0. The van der Waals surface area contributed by atoms with Crippen LogP contribution in [0.15, 0.2) is 48.5 Å². The van der Waals surface area contributed by atoms with Gasteiger partial charge in [-0.15, -0.1) is 0 Å². The fraction of sp³-hybridized carbons (Fsp3) is 0.350. The molecule has 0 aliphatic carbocycles. The summed E-state index contributed by atoms with van der Waals surface area (Å²) in [5.74, 6) is 0.0107. The normalized spacial score (nSPS) is 24.3. The summed E-state index contributed by atoms with van der Waals surface area (Å²) in [6.45, 7) is 1.48. The van der Waals surface area contributed by atoms with E-state index in [4.69, 9.17) is 0 Å². The van der Waals surface area contributed by atoms with E-state index in [1.54, 1.807) is 6.07 Å². The van der Waals surface area contributed by atoms with Crippen LogP contribution in [-0.2, 0) is 22.9 Å². The molecule has 4 rings (SSSR count). The number of para-hydroxylation sites is 1. The van der Waals surface area contributed by atoms with Gasteiger partial charge in [0.2, 0.25) is 5.91 Å². The van der Waals surface area contributed by atoms with Gasteiger partial charge in [0, 0.05) is 31.4 Å². The maximum absolute atomic E-state index is 12.8. The quantitative estimate of drug-likeness (QED) is 0.770. The molecule has 1 fully saturated rings. The predicted molar refractivity (Wildman–Crippen MR) is 96.3 cm³/mol. The van der Waals surface area contributed by atoms with Crippen LogP contribution in [0.1, 0.15) is 23.1 Å². The van der Waals surface area contributed by atoms with Gasteiger partial charge in [0.15, 0.2) is 0 Å². The minimum absolute atomic E-state index is 0.0107. The molecule has 3 N–H and O–H groups in total. The average molecular weight is 375 g/mol. The lowest BCUT2D eigenvalue weighted by Crippen LogP contribution is -2.36. The smallest absolute Gasteiger partial charge is 0.325 e. The highest BCUT2D eigenvalue weighted by molar-refractivity contribution is 6.06. The van der Waals surface area contributed by atoms with Gasteiger partial charge in [-0.3, -0.25) is 4.79 Å². The second kappa shape index (κ2) is 6.65. The number of nitrogens with one attached hydrogen (secondary N) is 3. The number of rotatable bonds is 4. The van der Waals surface area contributed by atoms with Crippen LogP contribution in [0.25, 0.3) is 0 Å². The molecule has 4 nitrogen and oxygen atoms in total. The molecular formula is C20H20F3N3O. The van der Waals surface area contributed by atoms with E-state index in [-0.39, 0.29) is 11.9 Å². The summed E-state index contributed by atoms with van der Waals surface area (Å²) < 4.78 is 38.4. The van der Waals surface area contributed by atoms with Crippen LogP contribution in [0.2, 0.25) is 0 Å². The summed E-state index contributed by atoms with van der Waals surface area (Å²) in [5.41, 5.74) is 1.27. The van der Waals surface area contributed by atoms with Crippen molar-refractivity contribution in [2.45, 2.75) is 30.6 Å². The summed E-state index contributed by atoms with van der Waals surface area (Å²) in [6, 6.07) is 13.1. The number of carbonyl (C=O) groups is 1. The van der Waals surface area contributed by atoms with Gasteiger partial charge in [-0.2, -0.15) is 13.2 Å². The lowest BCUT2D eigenvalue weighted by molar-refractivity contribution is -0.137. The van der Waals surface area contributed by atoms with Gasteiger partial charge in [0.1, 0.15) is 0 Å². The van der Waals surface area contributed by atoms with Gasteiger partial charge in [-0.1, -0.05) is 36.4 Å².